The molecule has 0 aromatic heterocycles. The van der Waals surface area contributed by atoms with Crippen LogP contribution in [0.5, 0.6) is 0 Å². The van der Waals surface area contributed by atoms with Gasteiger partial charge in [0.15, 0.2) is 0 Å². The number of aliphatic imine (C=N–C) groups is 1. The van der Waals surface area contributed by atoms with Crippen molar-refractivity contribution in [2.75, 3.05) is 0 Å². The maximum Gasteiger partial charge on any atom is 0.0658 e. The van der Waals surface area contributed by atoms with Gasteiger partial charge in [-0.15, -0.1) is 0 Å². The van der Waals surface area contributed by atoms with Crippen LogP contribution in [0.25, 0.3) is 5.70 Å². The number of nitrogens with zero attached hydrogens (tertiary/aromatic N) is 1. The molecule has 1 heteroatoms. The van der Waals surface area contributed by atoms with E-state index in [1.807, 2.05) is 13.1 Å². The standard InChI is InChI=1S/C15H21N/c1-5-8-15(16-6-2)14-10-7-9-13(11-14)12(3)4/h6-12H,5H2,1-4H3/b15-8-,16-6?. The fourth-order valence-electron chi connectivity index (χ4n) is 1.63. The van der Waals surface area contributed by atoms with Gasteiger partial charge in [0.1, 0.15) is 0 Å². The number of hydrogen-bond donors (Lipinski definition) is 0. The van der Waals surface area contributed by atoms with Crippen molar-refractivity contribution in [2.45, 2.75) is 40.0 Å². The monoisotopic (exact) mass is 215 g/mol. The first-order valence-corrected chi connectivity index (χ1v) is 5.98. The summed E-state index contributed by atoms with van der Waals surface area (Å²) in [7, 11) is 0. The van der Waals surface area contributed by atoms with E-state index in [1.165, 1.54) is 11.1 Å². The lowest BCUT2D eigenvalue weighted by molar-refractivity contribution is 0.866. The third-order valence-corrected chi connectivity index (χ3v) is 2.51. The van der Waals surface area contributed by atoms with E-state index in [0.717, 1.165) is 12.1 Å². The summed E-state index contributed by atoms with van der Waals surface area (Å²) in [5, 5.41) is 0. The Bertz CT molecular complexity index is 386. The Morgan fingerprint density at radius 1 is 1.38 bits per heavy atom. The molecule has 0 aliphatic carbocycles. The summed E-state index contributed by atoms with van der Waals surface area (Å²) in [4.78, 5) is 4.42. The molecule has 0 heterocycles. The Morgan fingerprint density at radius 2 is 2.12 bits per heavy atom. The zero-order valence-corrected chi connectivity index (χ0v) is 10.7. The van der Waals surface area contributed by atoms with Gasteiger partial charge >= 0.3 is 0 Å². The predicted molar refractivity (Wildman–Crippen MR) is 73.0 cm³/mol. The molecule has 0 aliphatic heterocycles. The first-order chi connectivity index (χ1) is 7.69. The number of rotatable bonds is 4. The zero-order valence-electron chi connectivity index (χ0n) is 10.7. The van der Waals surface area contributed by atoms with Crippen molar-refractivity contribution < 1.29 is 0 Å². The highest BCUT2D eigenvalue weighted by Gasteiger charge is 2.02. The molecule has 0 saturated carbocycles. The normalized spacial score (nSPS) is 12.7. The molecule has 16 heavy (non-hydrogen) atoms. The third-order valence-electron chi connectivity index (χ3n) is 2.51. The molecule has 86 valence electrons. The smallest absolute Gasteiger partial charge is 0.0658 e. The van der Waals surface area contributed by atoms with Crippen molar-refractivity contribution in [3.8, 4) is 0 Å². The maximum absolute atomic E-state index is 4.42. The quantitative estimate of drug-likeness (QED) is 0.648. The largest absolute Gasteiger partial charge is 0.261 e. The van der Waals surface area contributed by atoms with Crippen LogP contribution in [0.1, 0.15) is 51.2 Å². The van der Waals surface area contributed by atoms with Crippen molar-refractivity contribution in [3.05, 3.63) is 41.5 Å². The molecular weight excluding hydrogens is 194 g/mol. The molecule has 0 bridgehead atoms. The van der Waals surface area contributed by atoms with Gasteiger partial charge in [-0.25, -0.2) is 0 Å². The number of benzene rings is 1. The predicted octanol–water partition coefficient (Wildman–Crippen LogP) is 4.65. The van der Waals surface area contributed by atoms with E-state index in [4.69, 9.17) is 0 Å². The van der Waals surface area contributed by atoms with Crippen LogP contribution in [0.3, 0.4) is 0 Å². The van der Waals surface area contributed by atoms with Crippen LogP contribution in [-0.2, 0) is 0 Å². The molecular formula is C15H21N. The molecule has 0 saturated heterocycles. The van der Waals surface area contributed by atoms with E-state index in [0.29, 0.717) is 5.92 Å². The average Bonchev–Trinajstić information content (AvgIpc) is 2.29. The van der Waals surface area contributed by atoms with Gasteiger partial charge in [0.25, 0.3) is 0 Å². The van der Waals surface area contributed by atoms with Crippen molar-refractivity contribution in [3.63, 3.8) is 0 Å². The molecule has 0 spiro atoms. The van der Waals surface area contributed by atoms with Gasteiger partial charge in [0.05, 0.1) is 5.70 Å². The van der Waals surface area contributed by atoms with Gasteiger partial charge in [-0.05, 0) is 30.9 Å². The Labute approximate surface area is 98.9 Å². The van der Waals surface area contributed by atoms with Gasteiger partial charge < -0.3 is 0 Å². The minimum Gasteiger partial charge on any atom is -0.261 e. The van der Waals surface area contributed by atoms with E-state index >= 15 is 0 Å². The lowest BCUT2D eigenvalue weighted by Crippen LogP contribution is -1.89. The molecule has 1 nitrogen and oxygen atoms in total. The summed E-state index contributed by atoms with van der Waals surface area (Å²) < 4.78 is 0. The van der Waals surface area contributed by atoms with Crippen LogP contribution in [0, 0.1) is 0 Å². The molecule has 1 rings (SSSR count). The fraction of sp³-hybridized carbons (Fsp3) is 0.400. The molecule has 0 unspecified atom stereocenters. The molecule has 1 aromatic rings. The molecule has 0 N–H and O–H groups in total. The van der Waals surface area contributed by atoms with Gasteiger partial charge in [0, 0.05) is 11.8 Å². The van der Waals surface area contributed by atoms with Gasteiger partial charge in [0.2, 0.25) is 0 Å². The van der Waals surface area contributed by atoms with E-state index < -0.39 is 0 Å². The summed E-state index contributed by atoms with van der Waals surface area (Å²) in [6.07, 6.45) is 5.03. The van der Waals surface area contributed by atoms with Crippen molar-refractivity contribution in [1.29, 1.82) is 0 Å². The second kappa shape index (κ2) is 6.26. The highest BCUT2D eigenvalue weighted by atomic mass is 14.7. The molecule has 0 fully saturated rings. The first-order valence-electron chi connectivity index (χ1n) is 5.98. The van der Waals surface area contributed by atoms with Crippen LogP contribution in [0.4, 0.5) is 0 Å². The average molecular weight is 215 g/mol. The van der Waals surface area contributed by atoms with Crippen LogP contribution in [0.2, 0.25) is 0 Å². The fourth-order valence-corrected chi connectivity index (χ4v) is 1.63. The summed E-state index contributed by atoms with van der Waals surface area (Å²) >= 11 is 0. The molecule has 0 atom stereocenters. The Balaban J connectivity index is 3.10. The topological polar surface area (TPSA) is 12.4 Å². The molecule has 0 radical (unpaired) electrons. The highest BCUT2D eigenvalue weighted by molar-refractivity contribution is 5.73. The van der Waals surface area contributed by atoms with Crippen molar-refractivity contribution >= 4 is 11.9 Å². The van der Waals surface area contributed by atoms with Gasteiger partial charge in [-0.3, -0.25) is 4.99 Å². The van der Waals surface area contributed by atoms with E-state index in [9.17, 15) is 0 Å². The Hall–Kier alpha value is -1.37. The zero-order chi connectivity index (χ0) is 12.0. The molecule has 1 aromatic carbocycles. The summed E-state index contributed by atoms with van der Waals surface area (Å²) in [6, 6.07) is 8.65. The number of hydrogen-bond acceptors (Lipinski definition) is 1. The second-order valence-corrected chi connectivity index (χ2v) is 4.17. The van der Waals surface area contributed by atoms with Gasteiger partial charge in [-0.1, -0.05) is 45.0 Å². The summed E-state index contributed by atoms with van der Waals surface area (Å²) in [5.41, 5.74) is 3.66. The van der Waals surface area contributed by atoms with Crippen molar-refractivity contribution in [1.82, 2.24) is 0 Å². The second-order valence-electron chi connectivity index (χ2n) is 4.17. The van der Waals surface area contributed by atoms with Crippen LogP contribution >= 0.6 is 0 Å². The Morgan fingerprint density at radius 3 is 2.69 bits per heavy atom. The maximum atomic E-state index is 4.42. The summed E-state index contributed by atoms with van der Waals surface area (Å²) in [6.45, 7) is 8.52. The lowest BCUT2D eigenvalue weighted by Gasteiger charge is -2.08. The summed E-state index contributed by atoms with van der Waals surface area (Å²) in [5.74, 6) is 0.563. The van der Waals surface area contributed by atoms with E-state index in [1.54, 1.807) is 0 Å². The van der Waals surface area contributed by atoms with Crippen LogP contribution in [-0.4, -0.2) is 6.21 Å². The van der Waals surface area contributed by atoms with Crippen LogP contribution < -0.4 is 0 Å². The molecule has 0 aliphatic rings. The van der Waals surface area contributed by atoms with E-state index in [2.05, 4.69) is 56.1 Å². The third kappa shape index (κ3) is 3.34. The minimum absolute atomic E-state index is 0.563. The van der Waals surface area contributed by atoms with Gasteiger partial charge in [-0.2, -0.15) is 0 Å². The SMILES string of the molecule is CC=N/C(=C\CC)c1cccc(C(C)C)c1. The molecule has 0 amide bonds. The minimum atomic E-state index is 0.563. The highest BCUT2D eigenvalue weighted by Crippen LogP contribution is 2.21. The Kier molecular flexibility index (Phi) is 4.97. The lowest BCUT2D eigenvalue weighted by atomic mass is 9.99. The first kappa shape index (κ1) is 12.7. The van der Waals surface area contributed by atoms with Crippen molar-refractivity contribution in [2.24, 2.45) is 4.99 Å². The number of allylic oxidation sites excluding steroid dienone is 1. The van der Waals surface area contributed by atoms with Crippen LogP contribution in [0.15, 0.2) is 35.3 Å². The van der Waals surface area contributed by atoms with E-state index in [-0.39, 0.29) is 0 Å².